The van der Waals surface area contributed by atoms with Crippen LogP contribution in [0.15, 0.2) is 18.2 Å². The Balaban J connectivity index is 2.95. The quantitative estimate of drug-likeness (QED) is 0.769. The summed E-state index contributed by atoms with van der Waals surface area (Å²) in [5.74, 6) is -0.835. The van der Waals surface area contributed by atoms with E-state index in [9.17, 15) is 9.90 Å². The normalized spacial score (nSPS) is 12.5. The van der Waals surface area contributed by atoms with E-state index in [-0.39, 0.29) is 6.42 Å². The summed E-state index contributed by atoms with van der Waals surface area (Å²) in [6.45, 7) is 3.54. The molecular weight excluding hydrogens is 180 g/mol. The first-order valence-corrected chi connectivity index (χ1v) is 4.50. The number of carboxylic acids is 1. The summed E-state index contributed by atoms with van der Waals surface area (Å²) in [5, 5.41) is 17.9. The Morgan fingerprint density at radius 1 is 1.50 bits per heavy atom. The molecule has 0 aliphatic rings. The molecule has 3 heteroatoms. The molecule has 2 N–H and O–H groups in total. The molecule has 0 bridgehead atoms. The van der Waals surface area contributed by atoms with Gasteiger partial charge < -0.3 is 10.2 Å². The molecular formula is C11H14O3. The van der Waals surface area contributed by atoms with Gasteiger partial charge in [0.15, 0.2) is 0 Å². The standard InChI is InChI=1S/C11H14O3/c1-7-5-10(8(2)12)4-3-9(7)6-11(13)14/h3-5,8,12H,6H2,1-2H3,(H,13,14). The summed E-state index contributed by atoms with van der Waals surface area (Å²) in [5.41, 5.74) is 2.52. The van der Waals surface area contributed by atoms with Crippen molar-refractivity contribution < 1.29 is 15.0 Å². The van der Waals surface area contributed by atoms with Crippen LogP contribution in [0.4, 0.5) is 0 Å². The first kappa shape index (κ1) is 10.7. The minimum absolute atomic E-state index is 0.0337. The maximum absolute atomic E-state index is 10.5. The molecule has 0 radical (unpaired) electrons. The number of benzene rings is 1. The minimum Gasteiger partial charge on any atom is -0.481 e. The Morgan fingerprint density at radius 2 is 2.14 bits per heavy atom. The number of carbonyl (C=O) groups is 1. The Labute approximate surface area is 83.0 Å². The van der Waals surface area contributed by atoms with Crippen LogP contribution in [0.1, 0.15) is 29.7 Å². The molecule has 76 valence electrons. The molecule has 0 aliphatic heterocycles. The SMILES string of the molecule is Cc1cc(C(C)O)ccc1CC(=O)O. The molecule has 1 rings (SSSR count). The van der Waals surface area contributed by atoms with Crippen molar-refractivity contribution in [3.8, 4) is 0 Å². The number of aryl methyl sites for hydroxylation is 1. The maximum Gasteiger partial charge on any atom is 0.307 e. The molecule has 0 saturated carbocycles. The third kappa shape index (κ3) is 2.57. The topological polar surface area (TPSA) is 57.5 Å². The van der Waals surface area contributed by atoms with Gasteiger partial charge in [0.05, 0.1) is 12.5 Å². The van der Waals surface area contributed by atoms with E-state index in [1.807, 2.05) is 13.0 Å². The Morgan fingerprint density at radius 3 is 2.57 bits per heavy atom. The van der Waals surface area contributed by atoms with Crippen LogP contribution in [-0.2, 0) is 11.2 Å². The van der Waals surface area contributed by atoms with Crippen molar-refractivity contribution in [3.05, 3.63) is 34.9 Å². The van der Waals surface area contributed by atoms with Crippen molar-refractivity contribution in [3.63, 3.8) is 0 Å². The van der Waals surface area contributed by atoms with Crippen LogP contribution < -0.4 is 0 Å². The number of rotatable bonds is 3. The second-order valence-corrected chi connectivity index (χ2v) is 3.43. The zero-order chi connectivity index (χ0) is 10.7. The number of hydrogen-bond donors (Lipinski definition) is 2. The molecule has 0 saturated heterocycles. The number of carboxylic acid groups (broad SMARTS) is 1. The molecule has 14 heavy (non-hydrogen) atoms. The number of hydrogen-bond acceptors (Lipinski definition) is 2. The predicted octanol–water partition coefficient (Wildman–Crippen LogP) is 1.68. The Bertz CT molecular complexity index is 342. The lowest BCUT2D eigenvalue weighted by atomic mass is 10.0. The fourth-order valence-corrected chi connectivity index (χ4v) is 1.34. The van der Waals surface area contributed by atoms with Gasteiger partial charge in [0, 0.05) is 0 Å². The van der Waals surface area contributed by atoms with E-state index in [1.54, 1.807) is 19.1 Å². The molecule has 3 nitrogen and oxygen atoms in total. The van der Waals surface area contributed by atoms with E-state index in [0.29, 0.717) is 0 Å². The maximum atomic E-state index is 10.5. The van der Waals surface area contributed by atoms with Crippen LogP contribution in [0, 0.1) is 6.92 Å². The summed E-state index contributed by atoms with van der Waals surface area (Å²) < 4.78 is 0. The minimum atomic E-state index is -0.835. The van der Waals surface area contributed by atoms with Gasteiger partial charge in [-0.15, -0.1) is 0 Å². The van der Waals surface area contributed by atoms with Crippen LogP contribution in [0.3, 0.4) is 0 Å². The van der Waals surface area contributed by atoms with Crippen molar-refractivity contribution in [1.82, 2.24) is 0 Å². The molecule has 0 fully saturated rings. The number of aliphatic hydroxyl groups is 1. The first-order valence-electron chi connectivity index (χ1n) is 4.50. The highest BCUT2D eigenvalue weighted by molar-refractivity contribution is 5.70. The van der Waals surface area contributed by atoms with Gasteiger partial charge in [0.25, 0.3) is 0 Å². The smallest absolute Gasteiger partial charge is 0.307 e. The van der Waals surface area contributed by atoms with Gasteiger partial charge in [-0.3, -0.25) is 4.79 Å². The summed E-state index contributed by atoms with van der Waals surface area (Å²) in [7, 11) is 0. The molecule has 1 atom stereocenters. The highest BCUT2D eigenvalue weighted by Crippen LogP contribution is 2.17. The molecule has 0 spiro atoms. The number of aliphatic carboxylic acids is 1. The van der Waals surface area contributed by atoms with E-state index < -0.39 is 12.1 Å². The van der Waals surface area contributed by atoms with Crippen molar-refractivity contribution in [2.45, 2.75) is 26.4 Å². The van der Waals surface area contributed by atoms with Gasteiger partial charge in [0.1, 0.15) is 0 Å². The summed E-state index contributed by atoms with van der Waals surface area (Å²) in [4.78, 5) is 10.5. The van der Waals surface area contributed by atoms with Gasteiger partial charge in [-0.1, -0.05) is 18.2 Å². The lowest BCUT2D eigenvalue weighted by molar-refractivity contribution is -0.136. The fraction of sp³-hybridized carbons (Fsp3) is 0.364. The lowest BCUT2D eigenvalue weighted by Gasteiger charge is -2.08. The molecule has 0 aliphatic carbocycles. The van der Waals surface area contributed by atoms with E-state index in [4.69, 9.17) is 5.11 Å². The summed E-state index contributed by atoms with van der Waals surface area (Å²) >= 11 is 0. The highest BCUT2D eigenvalue weighted by Gasteiger charge is 2.06. The molecule has 1 unspecified atom stereocenters. The van der Waals surface area contributed by atoms with Gasteiger partial charge in [0.2, 0.25) is 0 Å². The van der Waals surface area contributed by atoms with Crippen LogP contribution in [0.2, 0.25) is 0 Å². The average molecular weight is 194 g/mol. The summed E-state index contributed by atoms with van der Waals surface area (Å²) in [6, 6.07) is 5.34. The van der Waals surface area contributed by atoms with Gasteiger partial charge in [-0.05, 0) is 30.5 Å². The van der Waals surface area contributed by atoms with Gasteiger partial charge >= 0.3 is 5.97 Å². The van der Waals surface area contributed by atoms with Crippen molar-refractivity contribution >= 4 is 5.97 Å². The highest BCUT2D eigenvalue weighted by atomic mass is 16.4. The Hall–Kier alpha value is -1.35. The fourth-order valence-electron chi connectivity index (χ4n) is 1.34. The third-order valence-electron chi connectivity index (χ3n) is 2.19. The van der Waals surface area contributed by atoms with E-state index in [1.165, 1.54) is 0 Å². The van der Waals surface area contributed by atoms with Crippen LogP contribution in [0.5, 0.6) is 0 Å². The third-order valence-corrected chi connectivity index (χ3v) is 2.19. The van der Waals surface area contributed by atoms with E-state index >= 15 is 0 Å². The predicted molar refractivity (Wildman–Crippen MR) is 53.2 cm³/mol. The van der Waals surface area contributed by atoms with Crippen molar-refractivity contribution in [1.29, 1.82) is 0 Å². The largest absolute Gasteiger partial charge is 0.481 e. The lowest BCUT2D eigenvalue weighted by Crippen LogP contribution is -2.03. The van der Waals surface area contributed by atoms with Crippen LogP contribution in [0.25, 0.3) is 0 Å². The zero-order valence-corrected chi connectivity index (χ0v) is 8.32. The first-order chi connectivity index (χ1) is 6.50. The van der Waals surface area contributed by atoms with E-state index in [2.05, 4.69) is 0 Å². The van der Waals surface area contributed by atoms with Crippen LogP contribution >= 0.6 is 0 Å². The van der Waals surface area contributed by atoms with Crippen molar-refractivity contribution in [2.24, 2.45) is 0 Å². The van der Waals surface area contributed by atoms with Gasteiger partial charge in [-0.25, -0.2) is 0 Å². The number of aliphatic hydroxyl groups excluding tert-OH is 1. The second kappa shape index (κ2) is 4.24. The molecule has 0 amide bonds. The molecule has 1 aromatic carbocycles. The van der Waals surface area contributed by atoms with E-state index in [0.717, 1.165) is 16.7 Å². The average Bonchev–Trinajstić information content (AvgIpc) is 2.07. The second-order valence-electron chi connectivity index (χ2n) is 3.43. The van der Waals surface area contributed by atoms with Gasteiger partial charge in [-0.2, -0.15) is 0 Å². The summed E-state index contributed by atoms with van der Waals surface area (Å²) in [6.07, 6.45) is -0.473. The Kier molecular flexibility index (Phi) is 3.25. The molecule has 0 heterocycles. The molecule has 0 aromatic heterocycles. The van der Waals surface area contributed by atoms with Crippen molar-refractivity contribution in [2.75, 3.05) is 0 Å². The zero-order valence-electron chi connectivity index (χ0n) is 8.32. The molecule has 1 aromatic rings. The van der Waals surface area contributed by atoms with Crippen LogP contribution in [-0.4, -0.2) is 16.2 Å². The monoisotopic (exact) mass is 194 g/mol.